The van der Waals surface area contributed by atoms with Crippen LogP contribution in [0.4, 0.5) is 4.39 Å². The predicted molar refractivity (Wildman–Crippen MR) is 79.7 cm³/mol. The number of hydrogen-bond donors (Lipinski definition) is 2. The Labute approximate surface area is 124 Å². The van der Waals surface area contributed by atoms with Crippen LogP contribution in [-0.2, 0) is 0 Å². The molecule has 0 aliphatic carbocycles. The molecule has 1 fully saturated rings. The molecule has 0 unspecified atom stereocenters. The number of halogens is 2. The molecular formula is C15H20ClFN2O. The molecule has 1 aliphatic rings. The largest absolute Gasteiger partial charge is 0.506 e. The third kappa shape index (κ3) is 3.32. The number of benzene rings is 1. The van der Waals surface area contributed by atoms with Crippen molar-refractivity contribution in [3.8, 4) is 5.75 Å². The lowest BCUT2D eigenvalue weighted by Gasteiger charge is -2.35. The fourth-order valence-electron chi connectivity index (χ4n) is 2.65. The van der Waals surface area contributed by atoms with Gasteiger partial charge in [0, 0.05) is 37.8 Å². The van der Waals surface area contributed by atoms with Gasteiger partial charge in [0.15, 0.2) is 0 Å². The van der Waals surface area contributed by atoms with Crippen molar-refractivity contribution in [1.29, 1.82) is 0 Å². The minimum Gasteiger partial charge on any atom is -0.506 e. The van der Waals surface area contributed by atoms with Gasteiger partial charge in [-0.05, 0) is 25.0 Å². The molecule has 0 radical (unpaired) electrons. The first kappa shape index (κ1) is 15.3. The lowest BCUT2D eigenvalue weighted by molar-refractivity contribution is 0.160. The molecule has 0 amide bonds. The SMILES string of the molecule is C=CCC[C@H](c1c(F)ccc(Cl)c1O)N1CCNCC1. The number of aromatic hydroxyl groups is 1. The Morgan fingerprint density at radius 3 is 2.80 bits per heavy atom. The number of nitrogens with one attached hydrogen (secondary N) is 1. The molecule has 1 aliphatic heterocycles. The normalized spacial score (nSPS) is 17.9. The van der Waals surface area contributed by atoms with Crippen LogP contribution in [-0.4, -0.2) is 36.2 Å². The van der Waals surface area contributed by atoms with Gasteiger partial charge in [-0.2, -0.15) is 0 Å². The molecule has 110 valence electrons. The number of phenols is 1. The molecule has 3 nitrogen and oxygen atoms in total. The van der Waals surface area contributed by atoms with E-state index in [1.165, 1.54) is 12.1 Å². The molecule has 1 atom stereocenters. The summed E-state index contributed by atoms with van der Waals surface area (Å²) in [6.45, 7) is 7.11. The van der Waals surface area contributed by atoms with E-state index in [-0.39, 0.29) is 16.8 Å². The van der Waals surface area contributed by atoms with Crippen LogP contribution in [0.2, 0.25) is 5.02 Å². The second-order valence-electron chi connectivity index (χ2n) is 4.96. The summed E-state index contributed by atoms with van der Waals surface area (Å²) in [5, 5.41) is 13.6. The van der Waals surface area contributed by atoms with Gasteiger partial charge in [-0.1, -0.05) is 17.7 Å². The number of allylic oxidation sites excluding steroid dienone is 1. The minimum atomic E-state index is -0.403. The zero-order valence-corrected chi connectivity index (χ0v) is 12.2. The highest BCUT2D eigenvalue weighted by Gasteiger charge is 2.27. The molecule has 1 saturated heterocycles. The van der Waals surface area contributed by atoms with Crippen molar-refractivity contribution in [3.05, 3.63) is 41.2 Å². The van der Waals surface area contributed by atoms with Crippen molar-refractivity contribution in [2.75, 3.05) is 26.2 Å². The quantitative estimate of drug-likeness (QED) is 0.820. The Hall–Kier alpha value is -1.10. The highest BCUT2D eigenvalue weighted by atomic mass is 35.5. The molecule has 2 N–H and O–H groups in total. The first-order valence-electron chi connectivity index (χ1n) is 6.87. The van der Waals surface area contributed by atoms with Crippen LogP contribution < -0.4 is 5.32 Å². The second-order valence-corrected chi connectivity index (χ2v) is 5.37. The van der Waals surface area contributed by atoms with Gasteiger partial charge in [-0.3, -0.25) is 4.90 Å². The average Bonchev–Trinajstić information content (AvgIpc) is 2.47. The lowest BCUT2D eigenvalue weighted by atomic mass is 9.98. The van der Waals surface area contributed by atoms with E-state index in [0.29, 0.717) is 12.0 Å². The number of piperazine rings is 1. The van der Waals surface area contributed by atoms with Crippen molar-refractivity contribution >= 4 is 11.6 Å². The van der Waals surface area contributed by atoms with E-state index in [4.69, 9.17) is 11.6 Å². The van der Waals surface area contributed by atoms with E-state index < -0.39 is 5.82 Å². The van der Waals surface area contributed by atoms with Crippen molar-refractivity contribution in [3.63, 3.8) is 0 Å². The van der Waals surface area contributed by atoms with E-state index in [1.54, 1.807) is 0 Å². The molecule has 5 heteroatoms. The molecule has 1 heterocycles. The Morgan fingerprint density at radius 1 is 1.45 bits per heavy atom. The van der Waals surface area contributed by atoms with Gasteiger partial charge < -0.3 is 10.4 Å². The summed E-state index contributed by atoms with van der Waals surface area (Å²) in [5.41, 5.74) is 0.307. The molecule has 0 aromatic heterocycles. The topological polar surface area (TPSA) is 35.5 Å². The first-order chi connectivity index (χ1) is 9.65. The van der Waals surface area contributed by atoms with E-state index >= 15 is 0 Å². The van der Waals surface area contributed by atoms with Crippen molar-refractivity contribution < 1.29 is 9.50 Å². The smallest absolute Gasteiger partial charge is 0.141 e. The molecule has 1 aromatic rings. The standard InChI is InChI=1S/C15H20ClFN2O/c1-2-3-4-13(19-9-7-18-8-10-19)14-12(17)6-5-11(16)15(14)20/h2,5-6,13,18,20H,1,3-4,7-10H2/t13-/m1/s1. The molecule has 20 heavy (non-hydrogen) atoms. The van der Waals surface area contributed by atoms with Crippen LogP contribution in [0.15, 0.2) is 24.8 Å². The summed E-state index contributed by atoms with van der Waals surface area (Å²) in [7, 11) is 0. The number of rotatable bonds is 5. The molecule has 0 saturated carbocycles. The van der Waals surface area contributed by atoms with Crippen LogP contribution in [0.5, 0.6) is 5.75 Å². The zero-order valence-electron chi connectivity index (χ0n) is 11.4. The van der Waals surface area contributed by atoms with Gasteiger partial charge in [0.05, 0.1) is 5.02 Å². The third-order valence-corrected chi connectivity index (χ3v) is 3.99. The summed E-state index contributed by atoms with van der Waals surface area (Å²) in [6, 6.07) is 2.53. The highest BCUT2D eigenvalue weighted by molar-refractivity contribution is 6.32. The summed E-state index contributed by atoms with van der Waals surface area (Å²) in [4.78, 5) is 2.19. The van der Waals surface area contributed by atoms with E-state index in [9.17, 15) is 9.50 Å². The van der Waals surface area contributed by atoms with Gasteiger partial charge in [0.2, 0.25) is 0 Å². The van der Waals surface area contributed by atoms with Gasteiger partial charge in [-0.15, -0.1) is 6.58 Å². The predicted octanol–water partition coefficient (Wildman–Crippen LogP) is 3.10. The monoisotopic (exact) mass is 298 g/mol. The minimum absolute atomic E-state index is 0.140. The molecule has 0 bridgehead atoms. The van der Waals surface area contributed by atoms with Crippen LogP contribution in [0.1, 0.15) is 24.4 Å². The van der Waals surface area contributed by atoms with Crippen molar-refractivity contribution in [1.82, 2.24) is 10.2 Å². The summed E-state index contributed by atoms with van der Waals surface area (Å²) >= 11 is 5.94. The van der Waals surface area contributed by atoms with Crippen LogP contribution in [0.3, 0.4) is 0 Å². The maximum Gasteiger partial charge on any atom is 0.141 e. The molecule has 2 rings (SSSR count). The molecule has 0 spiro atoms. The van der Waals surface area contributed by atoms with Gasteiger partial charge in [0.1, 0.15) is 11.6 Å². The maximum atomic E-state index is 14.2. The number of phenolic OH excluding ortho intramolecular Hbond substituents is 1. The Balaban J connectivity index is 2.34. The first-order valence-corrected chi connectivity index (χ1v) is 7.25. The van der Waals surface area contributed by atoms with Crippen molar-refractivity contribution in [2.24, 2.45) is 0 Å². The molecule has 1 aromatic carbocycles. The van der Waals surface area contributed by atoms with E-state index in [0.717, 1.165) is 32.6 Å². The maximum absolute atomic E-state index is 14.2. The van der Waals surface area contributed by atoms with Crippen LogP contribution in [0.25, 0.3) is 0 Å². The highest BCUT2D eigenvalue weighted by Crippen LogP contribution is 2.38. The summed E-state index contributed by atoms with van der Waals surface area (Å²) in [6.07, 6.45) is 3.29. The fraction of sp³-hybridized carbons (Fsp3) is 0.467. The van der Waals surface area contributed by atoms with Crippen molar-refractivity contribution in [2.45, 2.75) is 18.9 Å². The van der Waals surface area contributed by atoms with Gasteiger partial charge >= 0.3 is 0 Å². The van der Waals surface area contributed by atoms with Crippen LogP contribution in [0, 0.1) is 5.82 Å². The van der Waals surface area contributed by atoms with E-state index in [1.807, 2.05) is 6.08 Å². The third-order valence-electron chi connectivity index (χ3n) is 3.68. The second kappa shape index (κ2) is 7.07. The Bertz CT molecular complexity index is 475. The Morgan fingerprint density at radius 2 is 2.15 bits per heavy atom. The van der Waals surface area contributed by atoms with Crippen LogP contribution >= 0.6 is 11.6 Å². The molecular weight excluding hydrogens is 279 g/mol. The summed E-state index contributed by atoms with van der Waals surface area (Å²) in [5.74, 6) is -0.543. The van der Waals surface area contributed by atoms with Gasteiger partial charge in [0.25, 0.3) is 0 Å². The fourth-order valence-corrected chi connectivity index (χ4v) is 2.82. The zero-order chi connectivity index (χ0) is 14.5. The lowest BCUT2D eigenvalue weighted by Crippen LogP contribution is -2.45. The Kier molecular flexibility index (Phi) is 5.40. The number of hydrogen-bond acceptors (Lipinski definition) is 3. The van der Waals surface area contributed by atoms with Gasteiger partial charge in [-0.25, -0.2) is 4.39 Å². The van der Waals surface area contributed by atoms with E-state index in [2.05, 4.69) is 16.8 Å². The average molecular weight is 299 g/mol. The summed E-state index contributed by atoms with van der Waals surface area (Å²) < 4.78 is 14.2. The number of nitrogens with zero attached hydrogens (tertiary/aromatic N) is 1.